The Morgan fingerprint density at radius 3 is 2.48 bits per heavy atom. The van der Waals surface area contributed by atoms with Crippen LogP contribution in [0.3, 0.4) is 0 Å². The Kier molecular flexibility index (Phi) is 6.29. The van der Waals surface area contributed by atoms with E-state index in [1.807, 2.05) is 0 Å². The number of likely N-dealkylation sites (tertiary alicyclic amines) is 1. The Labute approximate surface area is 134 Å². The molecule has 0 bridgehead atoms. The molecule has 1 saturated heterocycles. The molecule has 1 fully saturated rings. The highest BCUT2D eigenvalue weighted by atomic mass is 19.3. The van der Waals surface area contributed by atoms with Gasteiger partial charge in [-0.1, -0.05) is 12.1 Å². The van der Waals surface area contributed by atoms with E-state index in [1.165, 1.54) is 12.1 Å². The first-order valence-electron chi connectivity index (χ1n) is 7.66. The first kappa shape index (κ1) is 17.6. The average molecular weight is 328 g/mol. The minimum Gasteiger partial charge on any atom is -0.435 e. The lowest BCUT2D eigenvalue weighted by atomic mass is 9.95. The third kappa shape index (κ3) is 5.14. The molecule has 1 heterocycles. The van der Waals surface area contributed by atoms with Crippen LogP contribution in [0.15, 0.2) is 24.3 Å². The molecule has 0 saturated carbocycles. The number of nitrogens with one attached hydrogen (secondary N) is 1. The van der Waals surface area contributed by atoms with Crippen molar-refractivity contribution in [2.45, 2.75) is 25.6 Å². The SMILES string of the molecule is CNC(=O)C1CCN(CC(O)c2ccc(OC(F)F)cc2)CC1. The van der Waals surface area contributed by atoms with Crippen LogP contribution in [-0.4, -0.2) is 49.2 Å². The van der Waals surface area contributed by atoms with Gasteiger partial charge in [0.15, 0.2) is 0 Å². The third-order valence-corrected chi connectivity index (χ3v) is 4.13. The van der Waals surface area contributed by atoms with Crippen LogP contribution in [0.1, 0.15) is 24.5 Å². The van der Waals surface area contributed by atoms with Gasteiger partial charge in [0.25, 0.3) is 0 Å². The van der Waals surface area contributed by atoms with Crippen LogP contribution in [0.4, 0.5) is 8.78 Å². The molecule has 2 rings (SSSR count). The molecular weight excluding hydrogens is 306 g/mol. The fraction of sp³-hybridized carbons (Fsp3) is 0.562. The number of rotatable bonds is 6. The topological polar surface area (TPSA) is 61.8 Å². The molecule has 0 aromatic heterocycles. The highest BCUT2D eigenvalue weighted by Crippen LogP contribution is 2.23. The summed E-state index contributed by atoms with van der Waals surface area (Å²) in [5, 5.41) is 12.9. The number of hydrogen-bond donors (Lipinski definition) is 2. The number of nitrogens with zero attached hydrogens (tertiary/aromatic N) is 1. The second kappa shape index (κ2) is 8.21. The standard InChI is InChI=1S/C16H22F2N2O3/c1-19-15(22)12-6-8-20(9-7-12)10-14(21)11-2-4-13(5-3-11)23-16(17)18/h2-5,12,14,16,21H,6-10H2,1H3,(H,19,22). The lowest BCUT2D eigenvalue weighted by Gasteiger charge is -2.32. The molecule has 1 unspecified atom stereocenters. The van der Waals surface area contributed by atoms with Crippen LogP contribution in [0.5, 0.6) is 5.75 Å². The summed E-state index contributed by atoms with van der Waals surface area (Å²) in [6.07, 6.45) is 0.841. The minimum atomic E-state index is -2.85. The normalized spacial score (nSPS) is 18.0. The maximum absolute atomic E-state index is 12.1. The Hall–Kier alpha value is -1.73. The van der Waals surface area contributed by atoms with Gasteiger partial charge in [0.05, 0.1) is 6.10 Å². The number of benzene rings is 1. The Morgan fingerprint density at radius 2 is 1.96 bits per heavy atom. The van der Waals surface area contributed by atoms with Crippen LogP contribution in [-0.2, 0) is 4.79 Å². The second-order valence-electron chi connectivity index (χ2n) is 5.65. The molecule has 7 heteroatoms. The van der Waals surface area contributed by atoms with Crippen LogP contribution < -0.4 is 10.1 Å². The molecular formula is C16H22F2N2O3. The van der Waals surface area contributed by atoms with Gasteiger partial charge < -0.3 is 20.1 Å². The highest BCUT2D eigenvalue weighted by Gasteiger charge is 2.25. The summed E-state index contributed by atoms with van der Waals surface area (Å²) in [4.78, 5) is 13.7. The van der Waals surface area contributed by atoms with Gasteiger partial charge in [-0.05, 0) is 43.6 Å². The van der Waals surface area contributed by atoms with E-state index >= 15 is 0 Å². The highest BCUT2D eigenvalue weighted by molar-refractivity contribution is 5.78. The molecule has 23 heavy (non-hydrogen) atoms. The number of piperidine rings is 1. The van der Waals surface area contributed by atoms with E-state index in [2.05, 4.69) is 15.0 Å². The Balaban J connectivity index is 1.83. The van der Waals surface area contributed by atoms with Crippen molar-refractivity contribution in [2.75, 3.05) is 26.7 Å². The number of carbonyl (C=O) groups excluding carboxylic acids is 1. The van der Waals surface area contributed by atoms with E-state index in [0.717, 1.165) is 25.9 Å². The summed E-state index contributed by atoms with van der Waals surface area (Å²) < 4.78 is 28.5. The summed E-state index contributed by atoms with van der Waals surface area (Å²) in [6.45, 7) is -0.897. The number of hydrogen-bond acceptors (Lipinski definition) is 4. The van der Waals surface area contributed by atoms with Gasteiger partial charge in [-0.25, -0.2) is 0 Å². The maximum atomic E-state index is 12.1. The first-order valence-corrected chi connectivity index (χ1v) is 7.66. The predicted octanol–water partition coefficient (Wildman–Crippen LogP) is 1.78. The molecule has 5 nitrogen and oxygen atoms in total. The molecule has 1 aliphatic heterocycles. The lowest BCUT2D eigenvalue weighted by Crippen LogP contribution is -2.41. The molecule has 1 amide bonds. The van der Waals surface area contributed by atoms with Crippen molar-refractivity contribution in [3.05, 3.63) is 29.8 Å². The first-order chi connectivity index (χ1) is 11.0. The van der Waals surface area contributed by atoms with Crippen LogP contribution >= 0.6 is 0 Å². The molecule has 0 aliphatic carbocycles. The summed E-state index contributed by atoms with van der Waals surface area (Å²) in [7, 11) is 1.64. The van der Waals surface area contributed by atoms with Crippen molar-refractivity contribution in [3.63, 3.8) is 0 Å². The van der Waals surface area contributed by atoms with Crippen molar-refractivity contribution in [1.82, 2.24) is 10.2 Å². The van der Waals surface area contributed by atoms with E-state index in [9.17, 15) is 18.7 Å². The second-order valence-corrected chi connectivity index (χ2v) is 5.65. The van der Waals surface area contributed by atoms with Crippen molar-refractivity contribution in [2.24, 2.45) is 5.92 Å². The molecule has 0 radical (unpaired) electrons. The van der Waals surface area contributed by atoms with Gasteiger partial charge in [-0.15, -0.1) is 0 Å². The summed E-state index contributed by atoms with van der Waals surface area (Å²) in [5.41, 5.74) is 0.653. The van der Waals surface area contributed by atoms with Crippen LogP contribution in [0.25, 0.3) is 0 Å². The van der Waals surface area contributed by atoms with Crippen LogP contribution in [0, 0.1) is 5.92 Å². The molecule has 1 atom stereocenters. The maximum Gasteiger partial charge on any atom is 0.387 e. The fourth-order valence-electron chi connectivity index (χ4n) is 2.80. The van der Waals surface area contributed by atoms with E-state index in [4.69, 9.17) is 0 Å². The van der Waals surface area contributed by atoms with E-state index in [0.29, 0.717) is 12.1 Å². The van der Waals surface area contributed by atoms with Gasteiger partial charge in [0.1, 0.15) is 5.75 Å². The molecule has 1 aromatic carbocycles. The smallest absolute Gasteiger partial charge is 0.387 e. The lowest BCUT2D eigenvalue weighted by molar-refractivity contribution is -0.126. The summed E-state index contributed by atoms with van der Waals surface area (Å²) in [5.74, 6) is 0.182. The fourth-order valence-corrected chi connectivity index (χ4v) is 2.80. The van der Waals surface area contributed by atoms with E-state index in [-0.39, 0.29) is 17.6 Å². The van der Waals surface area contributed by atoms with Crippen molar-refractivity contribution >= 4 is 5.91 Å². The van der Waals surface area contributed by atoms with Crippen LogP contribution in [0.2, 0.25) is 0 Å². The van der Waals surface area contributed by atoms with Crippen molar-refractivity contribution < 1.29 is 23.4 Å². The number of carbonyl (C=O) groups is 1. The van der Waals surface area contributed by atoms with Crippen molar-refractivity contribution in [1.29, 1.82) is 0 Å². The molecule has 1 aromatic rings. The number of ether oxygens (including phenoxy) is 1. The van der Waals surface area contributed by atoms with Gasteiger partial charge in [0.2, 0.25) is 5.91 Å². The van der Waals surface area contributed by atoms with Gasteiger partial charge in [0, 0.05) is 19.5 Å². The zero-order valence-electron chi connectivity index (χ0n) is 13.0. The average Bonchev–Trinajstić information content (AvgIpc) is 2.55. The molecule has 0 spiro atoms. The largest absolute Gasteiger partial charge is 0.435 e. The van der Waals surface area contributed by atoms with E-state index in [1.54, 1.807) is 19.2 Å². The zero-order valence-corrected chi connectivity index (χ0v) is 13.0. The number of aliphatic hydroxyl groups is 1. The van der Waals surface area contributed by atoms with Crippen molar-refractivity contribution in [3.8, 4) is 5.75 Å². The number of alkyl halides is 2. The van der Waals surface area contributed by atoms with E-state index < -0.39 is 12.7 Å². The quantitative estimate of drug-likeness (QED) is 0.836. The minimum absolute atomic E-state index is 0.0409. The number of halogens is 2. The molecule has 2 N–H and O–H groups in total. The summed E-state index contributed by atoms with van der Waals surface area (Å²) >= 11 is 0. The predicted molar refractivity (Wildman–Crippen MR) is 81.3 cm³/mol. The number of aliphatic hydroxyl groups excluding tert-OH is 1. The third-order valence-electron chi connectivity index (χ3n) is 4.13. The molecule has 128 valence electrons. The summed E-state index contributed by atoms with van der Waals surface area (Å²) in [6, 6.07) is 6.00. The van der Waals surface area contributed by atoms with Gasteiger partial charge >= 0.3 is 6.61 Å². The number of β-amino-alcohol motifs (C(OH)–C–C–N with tert-alkyl or cyclic N) is 1. The zero-order chi connectivity index (χ0) is 16.8. The number of amides is 1. The van der Waals surface area contributed by atoms with Gasteiger partial charge in [-0.3, -0.25) is 4.79 Å². The molecule has 1 aliphatic rings. The van der Waals surface area contributed by atoms with Gasteiger partial charge in [-0.2, -0.15) is 8.78 Å². The Morgan fingerprint density at radius 1 is 1.35 bits per heavy atom. The monoisotopic (exact) mass is 328 g/mol. The Bertz CT molecular complexity index is 503.